The minimum absolute atomic E-state index is 0. The van der Waals surface area contributed by atoms with Crippen molar-refractivity contribution in [2.24, 2.45) is 0 Å². The molecule has 0 nitrogen and oxygen atoms in total. The van der Waals surface area contributed by atoms with Crippen LogP contribution in [0.25, 0.3) is 0 Å². The van der Waals surface area contributed by atoms with Crippen molar-refractivity contribution in [3.05, 3.63) is 0 Å². The van der Waals surface area contributed by atoms with Crippen LogP contribution in [0, 0.1) is 37.7 Å². The molecular weight excluding hydrogens is 124 g/mol. The van der Waals surface area contributed by atoms with Crippen molar-refractivity contribution in [1.29, 1.82) is 0 Å². The largest absolute Gasteiger partial charge is 0.0776 e. The van der Waals surface area contributed by atoms with Gasteiger partial charge in [0, 0.05) is 37.7 Å². The molecule has 8 heavy (non-hydrogen) atoms. The Morgan fingerprint density at radius 3 is 0.750 bits per heavy atom. The van der Waals surface area contributed by atoms with E-state index >= 15 is 0 Å². The molecule has 0 heterocycles. The number of hydrogen-bond donors (Lipinski definition) is 0. The van der Waals surface area contributed by atoms with Gasteiger partial charge in [0.1, 0.15) is 0 Å². The van der Waals surface area contributed by atoms with Crippen LogP contribution < -0.4 is 0 Å². The summed E-state index contributed by atoms with van der Waals surface area (Å²) in [5.41, 5.74) is 0. The van der Waals surface area contributed by atoms with Gasteiger partial charge in [0.2, 0.25) is 0 Å². The van der Waals surface area contributed by atoms with Gasteiger partial charge in [0.25, 0.3) is 0 Å². The Bertz CT molecular complexity index is 19.9. The molecule has 1 rings (SSSR count). The van der Waals surface area contributed by atoms with E-state index in [0.29, 0.717) is 0 Å². The molecule has 0 aromatic heterocycles. The van der Waals surface area contributed by atoms with Gasteiger partial charge < -0.3 is 0 Å². The molecule has 1 saturated carbocycles. The van der Waals surface area contributed by atoms with Crippen LogP contribution in [-0.2, 0) is 0 Å². The van der Waals surface area contributed by atoms with Crippen molar-refractivity contribution in [3.8, 4) is 0 Å². The van der Waals surface area contributed by atoms with Gasteiger partial charge in [-0.3, -0.25) is 0 Å². The minimum Gasteiger partial charge on any atom is -0.0776 e. The van der Waals surface area contributed by atoms with Gasteiger partial charge in [-0.05, 0) is 0 Å². The summed E-state index contributed by atoms with van der Waals surface area (Å²) in [6.07, 6.45) is 9.00. The van der Waals surface area contributed by atoms with Crippen LogP contribution in [0.5, 0.6) is 0 Å². The molecule has 1 fully saturated rings. The average molecular weight is 140 g/mol. The predicted octanol–water partition coefficient (Wildman–Crippen LogP) is 2.98. The second kappa shape index (κ2) is 8.26. The summed E-state index contributed by atoms with van der Waals surface area (Å²) in [6.45, 7) is 0. The first-order chi connectivity index (χ1) is 3.00. The number of hydrogen-bond acceptors (Lipinski definition) is 0. The molecule has 0 atom stereocenters. The van der Waals surface area contributed by atoms with E-state index in [1.54, 1.807) is 0 Å². The van der Waals surface area contributed by atoms with Crippen molar-refractivity contribution in [1.82, 2.24) is 0 Å². The van der Waals surface area contributed by atoms with Crippen LogP contribution in [0.15, 0.2) is 0 Å². The molecule has 0 unspecified atom stereocenters. The Hall–Kier alpha value is 1.26. The zero-order chi connectivity index (χ0) is 4.24. The summed E-state index contributed by atoms with van der Waals surface area (Å²) in [6, 6.07) is 0. The standard InChI is InChI=1S/C6H12.CH4.Ar/c1-2-4-6-5-3-1;;/h1-6H2;1H4;. The first-order valence-corrected chi connectivity index (χ1v) is 3.00. The summed E-state index contributed by atoms with van der Waals surface area (Å²) in [4.78, 5) is 0. The van der Waals surface area contributed by atoms with Gasteiger partial charge >= 0.3 is 0 Å². The zero-order valence-electron chi connectivity index (χ0n) is 4.60. The Balaban J connectivity index is 0. The van der Waals surface area contributed by atoms with E-state index in [2.05, 4.69) is 0 Å². The van der Waals surface area contributed by atoms with Crippen molar-refractivity contribution in [2.75, 3.05) is 0 Å². The van der Waals surface area contributed by atoms with Crippen LogP contribution in [0.3, 0.4) is 0 Å². The normalized spacial score (nSPS) is 18.0. The molecule has 0 amide bonds. The van der Waals surface area contributed by atoms with Crippen LogP contribution >= 0.6 is 0 Å². The molecule has 1 aliphatic rings. The molecule has 0 aromatic carbocycles. The predicted molar refractivity (Wildman–Crippen MR) is 34.4 cm³/mol. The Morgan fingerprint density at radius 1 is 0.500 bits per heavy atom. The summed E-state index contributed by atoms with van der Waals surface area (Å²) < 4.78 is 0. The Labute approximate surface area is 83.0 Å². The molecule has 0 aromatic rings. The molecule has 0 bridgehead atoms. The fourth-order valence-corrected chi connectivity index (χ4v) is 1.06. The fourth-order valence-electron chi connectivity index (χ4n) is 1.06. The third-order valence-corrected chi connectivity index (χ3v) is 1.50. The van der Waals surface area contributed by atoms with Gasteiger partial charge in [-0.1, -0.05) is 46.0 Å². The quantitative estimate of drug-likeness (QED) is 0.485. The van der Waals surface area contributed by atoms with Crippen molar-refractivity contribution in [2.45, 2.75) is 46.0 Å². The van der Waals surface area contributed by atoms with E-state index < -0.39 is 0 Å². The summed E-state index contributed by atoms with van der Waals surface area (Å²) >= 11 is 0. The maximum absolute atomic E-state index is 1.50. The molecule has 0 radical (unpaired) electrons. The Morgan fingerprint density at radius 2 is 0.625 bits per heavy atom. The van der Waals surface area contributed by atoms with E-state index in [0.717, 1.165) is 0 Å². The van der Waals surface area contributed by atoms with E-state index in [1.165, 1.54) is 38.5 Å². The molecule has 0 saturated heterocycles. The first-order valence-electron chi connectivity index (χ1n) is 3.00. The van der Waals surface area contributed by atoms with E-state index in [1.807, 2.05) is 0 Å². The van der Waals surface area contributed by atoms with E-state index in [4.69, 9.17) is 0 Å². The van der Waals surface area contributed by atoms with Gasteiger partial charge in [-0.25, -0.2) is 0 Å². The molecule has 1 aliphatic carbocycles. The molecular formula is C7H16Ar. The van der Waals surface area contributed by atoms with Crippen molar-refractivity contribution in [3.63, 3.8) is 0 Å². The van der Waals surface area contributed by atoms with Crippen LogP contribution in [0.1, 0.15) is 46.0 Å². The maximum atomic E-state index is 1.50. The molecule has 0 spiro atoms. The second-order valence-corrected chi connectivity index (χ2v) is 2.12. The van der Waals surface area contributed by atoms with Crippen molar-refractivity contribution >= 4 is 0 Å². The van der Waals surface area contributed by atoms with Crippen molar-refractivity contribution < 1.29 is 37.7 Å². The van der Waals surface area contributed by atoms with Crippen LogP contribution in [0.2, 0.25) is 0 Å². The molecule has 0 N–H and O–H groups in total. The topological polar surface area (TPSA) is 0 Å². The van der Waals surface area contributed by atoms with Crippen LogP contribution in [0.4, 0.5) is 0 Å². The zero-order valence-corrected chi connectivity index (χ0v) is 5.30. The van der Waals surface area contributed by atoms with Gasteiger partial charge in [0.05, 0.1) is 0 Å². The van der Waals surface area contributed by atoms with E-state index in [9.17, 15) is 0 Å². The summed E-state index contributed by atoms with van der Waals surface area (Å²) in [5.74, 6) is 0. The second-order valence-electron chi connectivity index (χ2n) is 2.12. The van der Waals surface area contributed by atoms with Gasteiger partial charge in [0.15, 0.2) is 0 Å². The molecule has 0 aliphatic heterocycles. The monoisotopic (exact) mass is 140 g/mol. The van der Waals surface area contributed by atoms with Gasteiger partial charge in [-0.2, -0.15) is 0 Å². The minimum atomic E-state index is 0. The summed E-state index contributed by atoms with van der Waals surface area (Å²) in [5, 5.41) is 0. The first kappa shape index (κ1) is 12.0. The number of rotatable bonds is 0. The third kappa shape index (κ3) is 5.40. The fraction of sp³-hybridized carbons (Fsp3) is 1.00. The van der Waals surface area contributed by atoms with Gasteiger partial charge in [-0.15, -0.1) is 0 Å². The maximum Gasteiger partial charge on any atom is 0 e. The smallest absolute Gasteiger partial charge is 0 e. The van der Waals surface area contributed by atoms with Crippen LogP contribution in [-0.4, -0.2) is 0 Å². The summed E-state index contributed by atoms with van der Waals surface area (Å²) in [7, 11) is 0. The SMILES string of the molecule is C.C1CCCCC1.[Ar]. The van der Waals surface area contributed by atoms with E-state index in [-0.39, 0.29) is 45.2 Å². The molecule has 52 valence electrons. The third-order valence-electron chi connectivity index (χ3n) is 1.50. The average Bonchev–Trinajstić information content (AvgIpc) is 1.72. The molecule has 1 heteroatoms. The Kier molecular flexibility index (Phi) is 12.4.